The summed E-state index contributed by atoms with van der Waals surface area (Å²) < 4.78 is 0. The highest BCUT2D eigenvalue weighted by Gasteiger charge is 2.42. The lowest BCUT2D eigenvalue weighted by Gasteiger charge is -2.22. The molecule has 0 saturated heterocycles. The van der Waals surface area contributed by atoms with E-state index in [-0.39, 0.29) is 5.92 Å². The van der Waals surface area contributed by atoms with Crippen LogP contribution in [0.15, 0.2) is 11.1 Å². The number of carbonyl (C=O) groups is 1. The van der Waals surface area contributed by atoms with Crippen molar-refractivity contribution >= 4 is 6.29 Å². The topological polar surface area (TPSA) is 17.1 Å². The van der Waals surface area contributed by atoms with Crippen molar-refractivity contribution in [3.05, 3.63) is 11.1 Å². The van der Waals surface area contributed by atoms with Gasteiger partial charge in [0.05, 0.1) is 0 Å². The molecular formula is C11H16O. The summed E-state index contributed by atoms with van der Waals surface area (Å²) in [5, 5.41) is 0. The minimum Gasteiger partial charge on any atom is -0.303 e. The molecule has 2 aliphatic rings. The first-order valence-electron chi connectivity index (χ1n) is 4.94. The van der Waals surface area contributed by atoms with Crippen LogP contribution in [0.2, 0.25) is 0 Å². The lowest BCUT2D eigenvalue weighted by Crippen LogP contribution is -2.17. The van der Waals surface area contributed by atoms with Crippen LogP contribution in [0.1, 0.15) is 33.1 Å². The van der Waals surface area contributed by atoms with Gasteiger partial charge in [0.25, 0.3) is 0 Å². The first-order chi connectivity index (χ1) is 5.77. The molecule has 12 heavy (non-hydrogen) atoms. The van der Waals surface area contributed by atoms with Crippen molar-refractivity contribution in [2.24, 2.45) is 17.8 Å². The third-order valence-corrected chi connectivity index (χ3v) is 3.73. The Morgan fingerprint density at radius 2 is 2.25 bits per heavy atom. The Balaban J connectivity index is 2.31. The zero-order valence-electron chi connectivity index (χ0n) is 7.84. The second-order valence-electron chi connectivity index (χ2n) is 4.17. The van der Waals surface area contributed by atoms with E-state index in [9.17, 15) is 4.79 Å². The zero-order chi connectivity index (χ0) is 8.72. The quantitative estimate of drug-likeness (QED) is 0.453. The maximum absolute atomic E-state index is 10.8. The highest BCUT2D eigenvalue weighted by Crippen LogP contribution is 2.51. The van der Waals surface area contributed by atoms with Crippen LogP contribution in [0.4, 0.5) is 0 Å². The Hall–Kier alpha value is -0.590. The predicted octanol–water partition coefficient (Wildman–Crippen LogP) is 2.57. The van der Waals surface area contributed by atoms with Crippen LogP contribution in [0, 0.1) is 17.8 Å². The fourth-order valence-electron chi connectivity index (χ4n) is 2.88. The lowest BCUT2D eigenvalue weighted by molar-refractivity contribution is -0.111. The number of hydrogen-bond acceptors (Lipinski definition) is 1. The summed E-state index contributed by atoms with van der Waals surface area (Å²) in [7, 11) is 0. The average molecular weight is 164 g/mol. The Labute approximate surface area is 73.8 Å². The molecule has 66 valence electrons. The van der Waals surface area contributed by atoms with Crippen LogP contribution in [0.3, 0.4) is 0 Å². The molecule has 2 rings (SSSR count). The van der Waals surface area contributed by atoms with Crippen LogP contribution in [-0.4, -0.2) is 6.29 Å². The molecule has 1 heteroatoms. The van der Waals surface area contributed by atoms with Crippen molar-refractivity contribution in [3.63, 3.8) is 0 Å². The van der Waals surface area contributed by atoms with Crippen molar-refractivity contribution < 1.29 is 4.79 Å². The van der Waals surface area contributed by atoms with Gasteiger partial charge in [0, 0.05) is 5.92 Å². The minimum atomic E-state index is 0.277. The van der Waals surface area contributed by atoms with Gasteiger partial charge in [0.2, 0.25) is 0 Å². The molecule has 2 bridgehead atoms. The fourth-order valence-corrected chi connectivity index (χ4v) is 2.88. The summed E-state index contributed by atoms with van der Waals surface area (Å²) in [6, 6.07) is 0. The molecule has 0 amide bonds. The van der Waals surface area contributed by atoms with Gasteiger partial charge in [0.1, 0.15) is 6.29 Å². The maximum atomic E-state index is 10.8. The molecule has 0 aromatic rings. The molecule has 0 aromatic heterocycles. The lowest BCUT2D eigenvalue weighted by atomic mass is 9.82. The van der Waals surface area contributed by atoms with Gasteiger partial charge in [-0.2, -0.15) is 0 Å². The van der Waals surface area contributed by atoms with E-state index in [0.29, 0.717) is 5.92 Å². The molecule has 0 heterocycles. The van der Waals surface area contributed by atoms with Crippen LogP contribution in [0.25, 0.3) is 0 Å². The molecule has 1 saturated carbocycles. The molecule has 0 N–H and O–H groups in total. The first kappa shape index (κ1) is 8.03. The van der Waals surface area contributed by atoms with E-state index in [1.54, 1.807) is 5.57 Å². The number of carbonyl (C=O) groups excluding carboxylic acids is 1. The maximum Gasteiger partial charge on any atom is 0.127 e. The monoisotopic (exact) mass is 164 g/mol. The molecule has 0 radical (unpaired) electrons. The van der Waals surface area contributed by atoms with E-state index in [1.165, 1.54) is 18.4 Å². The Kier molecular flexibility index (Phi) is 1.82. The van der Waals surface area contributed by atoms with E-state index >= 15 is 0 Å². The predicted molar refractivity (Wildman–Crippen MR) is 48.8 cm³/mol. The molecule has 0 aromatic carbocycles. The van der Waals surface area contributed by atoms with Crippen molar-refractivity contribution in [2.75, 3.05) is 0 Å². The second-order valence-corrected chi connectivity index (χ2v) is 4.17. The van der Waals surface area contributed by atoms with Gasteiger partial charge in [-0.05, 0) is 31.1 Å². The summed E-state index contributed by atoms with van der Waals surface area (Å²) in [4.78, 5) is 10.8. The summed E-state index contributed by atoms with van der Waals surface area (Å²) >= 11 is 0. The number of rotatable bonds is 2. The van der Waals surface area contributed by atoms with Gasteiger partial charge in [-0.15, -0.1) is 0 Å². The molecule has 1 fully saturated rings. The van der Waals surface area contributed by atoms with E-state index in [2.05, 4.69) is 13.8 Å². The van der Waals surface area contributed by atoms with E-state index in [4.69, 9.17) is 0 Å². The van der Waals surface area contributed by atoms with Crippen LogP contribution in [-0.2, 0) is 4.79 Å². The highest BCUT2D eigenvalue weighted by atomic mass is 16.1. The molecule has 3 atom stereocenters. The van der Waals surface area contributed by atoms with Gasteiger partial charge in [-0.1, -0.05) is 25.0 Å². The fraction of sp³-hybridized carbons (Fsp3) is 0.727. The summed E-state index contributed by atoms with van der Waals surface area (Å²) in [6.07, 6.45) is 4.81. The van der Waals surface area contributed by atoms with Gasteiger partial charge < -0.3 is 4.79 Å². The first-order valence-corrected chi connectivity index (χ1v) is 4.94. The summed E-state index contributed by atoms with van der Waals surface area (Å²) in [5.41, 5.74) is 3.07. The highest BCUT2D eigenvalue weighted by molar-refractivity contribution is 5.62. The van der Waals surface area contributed by atoms with Crippen molar-refractivity contribution in [1.29, 1.82) is 0 Å². The summed E-state index contributed by atoms with van der Waals surface area (Å²) in [5.74, 6) is 1.69. The van der Waals surface area contributed by atoms with Crippen LogP contribution < -0.4 is 0 Å². The number of fused-ring (bicyclic) bond motifs is 2. The SMILES string of the molecule is CCC1=C2CC(C1)C(C)C2C=O. The molecular weight excluding hydrogens is 148 g/mol. The average Bonchev–Trinajstić information content (AvgIpc) is 2.61. The van der Waals surface area contributed by atoms with E-state index in [0.717, 1.165) is 18.6 Å². The van der Waals surface area contributed by atoms with Crippen molar-refractivity contribution in [2.45, 2.75) is 33.1 Å². The van der Waals surface area contributed by atoms with E-state index < -0.39 is 0 Å². The Morgan fingerprint density at radius 3 is 2.75 bits per heavy atom. The second kappa shape index (κ2) is 2.72. The Bertz CT molecular complexity index is 239. The third-order valence-electron chi connectivity index (χ3n) is 3.73. The van der Waals surface area contributed by atoms with Gasteiger partial charge in [-0.3, -0.25) is 0 Å². The number of allylic oxidation sites excluding steroid dienone is 2. The van der Waals surface area contributed by atoms with Crippen molar-refractivity contribution in [1.82, 2.24) is 0 Å². The number of aldehydes is 1. The molecule has 1 nitrogen and oxygen atoms in total. The minimum absolute atomic E-state index is 0.277. The number of hydrogen-bond donors (Lipinski definition) is 0. The third kappa shape index (κ3) is 0.886. The van der Waals surface area contributed by atoms with Crippen LogP contribution >= 0.6 is 0 Å². The van der Waals surface area contributed by atoms with Crippen molar-refractivity contribution in [3.8, 4) is 0 Å². The largest absolute Gasteiger partial charge is 0.303 e. The summed E-state index contributed by atoms with van der Waals surface area (Å²) in [6.45, 7) is 4.43. The van der Waals surface area contributed by atoms with E-state index in [1.807, 2.05) is 0 Å². The van der Waals surface area contributed by atoms with Gasteiger partial charge >= 0.3 is 0 Å². The van der Waals surface area contributed by atoms with Crippen LogP contribution in [0.5, 0.6) is 0 Å². The Morgan fingerprint density at radius 1 is 1.50 bits per heavy atom. The van der Waals surface area contributed by atoms with Gasteiger partial charge in [-0.25, -0.2) is 0 Å². The molecule has 2 aliphatic carbocycles. The normalized spacial score (nSPS) is 39.3. The molecule has 0 aliphatic heterocycles. The smallest absolute Gasteiger partial charge is 0.127 e. The standard InChI is InChI=1S/C11H16O/c1-3-8-4-9-5-10(8)11(6-12)7(9)2/h6-7,9,11H,3-5H2,1-2H3. The molecule has 3 unspecified atom stereocenters. The zero-order valence-corrected chi connectivity index (χ0v) is 7.84. The molecule has 0 spiro atoms. The van der Waals surface area contributed by atoms with Gasteiger partial charge in [0.15, 0.2) is 0 Å².